The van der Waals surface area contributed by atoms with Gasteiger partial charge in [-0.1, -0.05) is 12.1 Å². The Kier molecular flexibility index (Phi) is 6.31. The van der Waals surface area contributed by atoms with Crippen molar-refractivity contribution in [2.24, 2.45) is 0 Å². The first-order valence-corrected chi connectivity index (χ1v) is 7.56. The molecule has 0 fully saturated rings. The van der Waals surface area contributed by atoms with Crippen molar-refractivity contribution in [3.05, 3.63) is 42.5 Å². The quantitative estimate of drug-likeness (QED) is 0.778. The van der Waals surface area contributed by atoms with Gasteiger partial charge in [0.05, 0.1) is 32.7 Å². The molecule has 1 amide bonds. The summed E-state index contributed by atoms with van der Waals surface area (Å²) in [7, 11) is 4.77. The first kappa shape index (κ1) is 17.5. The lowest BCUT2D eigenvalue weighted by molar-refractivity contribution is -0.116. The van der Waals surface area contributed by atoms with Crippen LogP contribution in [-0.2, 0) is 4.79 Å². The highest BCUT2D eigenvalue weighted by Gasteiger charge is 2.08. The Morgan fingerprint density at radius 2 is 1.62 bits per heavy atom. The van der Waals surface area contributed by atoms with Crippen LogP contribution in [0.1, 0.15) is 6.42 Å². The first-order chi connectivity index (χ1) is 11.7. The molecule has 0 saturated carbocycles. The lowest BCUT2D eigenvalue weighted by atomic mass is 10.2. The van der Waals surface area contributed by atoms with Gasteiger partial charge in [-0.25, -0.2) is 0 Å². The lowest BCUT2D eigenvalue weighted by Crippen LogP contribution is -2.16. The average Bonchev–Trinajstić information content (AvgIpc) is 2.62. The average molecular weight is 330 g/mol. The number of carbonyl (C=O) groups excluding carboxylic acids is 1. The maximum Gasteiger partial charge on any atom is 0.226 e. The number of nitrogens with one attached hydrogen (secondary N) is 2. The van der Waals surface area contributed by atoms with Gasteiger partial charge >= 0.3 is 0 Å². The molecule has 0 bridgehead atoms. The Bertz CT molecular complexity index is 688. The van der Waals surface area contributed by atoms with E-state index in [1.54, 1.807) is 33.5 Å². The molecule has 0 aliphatic carbocycles. The largest absolute Gasteiger partial charge is 0.497 e. The van der Waals surface area contributed by atoms with E-state index in [2.05, 4.69) is 10.6 Å². The van der Waals surface area contributed by atoms with Crippen LogP contribution in [0.4, 0.5) is 11.4 Å². The van der Waals surface area contributed by atoms with E-state index in [9.17, 15) is 4.79 Å². The number of anilines is 2. The molecule has 24 heavy (non-hydrogen) atoms. The smallest absolute Gasteiger partial charge is 0.226 e. The van der Waals surface area contributed by atoms with E-state index in [1.807, 2.05) is 30.3 Å². The van der Waals surface area contributed by atoms with Crippen molar-refractivity contribution in [1.29, 1.82) is 0 Å². The first-order valence-electron chi connectivity index (χ1n) is 7.56. The summed E-state index contributed by atoms with van der Waals surface area (Å²) in [4.78, 5) is 12.1. The van der Waals surface area contributed by atoms with Crippen LogP contribution in [0.3, 0.4) is 0 Å². The molecule has 0 heterocycles. The predicted octanol–water partition coefficient (Wildman–Crippen LogP) is 3.15. The molecule has 2 aromatic rings. The van der Waals surface area contributed by atoms with Crippen LogP contribution in [0.25, 0.3) is 0 Å². The lowest BCUT2D eigenvalue weighted by Gasteiger charge is -2.13. The van der Waals surface area contributed by atoms with Gasteiger partial charge in [-0.15, -0.1) is 0 Å². The van der Waals surface area contributed by atoms with Crippen LogP contribution in [-0.4, -0.2) is 33.8 Å². The second kappa shape index (κ2) is 8.67. The summed E-state index contributed by atoms with van der Waals surface area (Å²) in [6, 6.07) is 12.8. The maximum atomic E-state index is 12.1. The van der Waals surface area contributed by atoms with E-state index >= 15 is 0 Å². The van der Waals surface area contributed by atoms with Crippen molar-refractivity contribution in [3.63, 3.8) is 0 Å². The van der Waals surface area contributed by atoms with Crippen LogP contribution in [0.5, 0.6) is 17.2 Å². The second-order valence-corrected chi connectivity index (χ2v) is 4.99. The van der Waals surface area contributed by atoms with Crippen LogP contribution in [0.15, 0.2) is 42.5 Å². The SMILES string of the molecule is COc1ccc(OC)c(NCCC(=O)Nc2ccccc2OC)c1. The van der Waals surface area contributed by atoms with E-state index in [4.69, 9.17) is 14.2 Å². The molecule has 2 aromatic carbocycles. The molecule has 0 spiro atoms. The molecule has 0 radical (unpaired) electrons. The molecule has 0 aliphatic rings. The number of carbonyl (C=O) groups is 1. The number of methoxy groups -OCH3 is 3. The van der Waals surface area contributed by atoms with Crippen LogP contribution < -0.4 is 24.8 Å². The van der Waals surface area contributed by atoms with E-state index in [0.29, 0.717) is 30.2 Å². The highest BCUT2D eigenvalue weighted by molar-refractivity contribution is 5.92. The van der Waals surface area contributed by atoms with Gasteiger partial charge in [0.2, 0.25) is 5.91 Å². The number of hydrogen-bond donors (Lipinski definition) is 2. The molecular formula is C18H22N2O4. The van der Waals surface area contributed by atoms with Crippen molar-refractivity contribution in [3.8, 4) is 17.2 Å². The van der Waals surface area contributed by atoms with Gasteiger partial charge in [0.15, 0.2) is 0 Å². The number of ether oxygens (including phenoxy) is 3. The Hall–Kier alpha value is -2.89. The number of hydrogen-bond acceptors (Lipinski definition) is 5. The normalized spacial score (nSPS) is 9.96. The monoisotopic (exact) mass is 330 g/mol. The van der Waals surface area contributed by atoms with Gasteiger partial charge in [-0.2, -0.15) is 0 Å². The Balaban J connectivity index is 1.91. The second-order valence-electron chi connectivity index (χ2n) is 4.99. The molecule has 0 unspecified atom stereocenters. The third-order valence-electron chi connectivity index (χ3n) is 3.46. The van der Waals surface area contributed by atoms with Crippen molar-refractivity contribution in [1.82, 2.24) is 0 Å². The maximum absolute atomic E-state index is 12.1. The summed E-state index contributed by atoms with van der Waals surface area (Å²) in [6.07, 6.45) is 0.304. The Labute approximate surface area is 141 Å². The van der Waals surface area contributed by atoms with Gasteiger partial charge in [0.25, 0.3) is 0 Å². The van der Waals surface area contributed by atoms with Crippen LogP contribution in [0, 0.1) is 0 Å². The zero-order valence-corrected chi connectivity index (χ0v) is 14.1. The zero-order valence-electron chi connectivity index (χ0n) is 14.1. The van der Waals surface area contributed by atoms with Crippen molar-refractivity contribution >= 4 is 17.3 Å². The van der Waals surface area contributed by atoms with E-state index < -0.39 is 0 Å². The van der Waals surface area contributed by atoms with E-state index in [-0.39, 0.29) is 5.91 Å². The minimum Gasteiger partial charge on any atom is -0.497 e. The number of benzene rings is 2. The number of amides is 1. The number of para-hydroxylation sites is 2. The predicted molar refractivity (Wildman–Crippen MR) is 94.3 cm³/mol. The van der Waals surface area contributed by atoms with E-state index in [0.717, 1.165) is 11.4 Å². The minimum atomic E-state index is -0.103. The fourth-order valence-corrected chi connectivity index (χ4v) is 2.22. The zero-order chi connectivity index (χ0) is 17.4. The molecule has 0 atom stereocenters. The van der Waals surface area contributed by atoms with Gasteiger partial charge in [-0.3, -0.25) is 4.79 Å². The molecule has 6 nitrogen and oxygen atoms in total. The standard InChI is InChI=1S/C18H22N2O4/c1-22-13-8-9-17(24-3)15(12-13)19-11-10-18(21)20-14-6-4-5-7-16(14)23-2/h4-9,12,19H,10-11H2,1-3H3,(H,20,21). The minimum absolute atomic E-state index is 0.103. The van der Waals surface area contributed by atoms with Crippen LogP contribution in [0.2, 0.25) is 0 Å². The third-order valence-corrected chi connectivity index (χ3v) is 3.46. The molecule has 0 aliphatic heterocycles. The molecular weight excluding hydrogens is 308 g/mol. The summed E-state index contributed by atoms with van der Waals surface area (Å²) in [6.45, 7) is 0.463. The van der Waals surface area contributed by atoms with Gasteiger partial charge < -0.3 is 24.8 Å². The summed E-state index contributed by atoms with van der Waals surface area (Å²) in [5.74, 6) is 1.94. The van der Waals surface area contributed by atoms with Crippen molar-refractivity contribution in [2.75, 3.05) is 38.5 Å². The summed E-state index contributed by atoms with van der Waals surface area (Å²) in [5.41, 5.74) is 1.44. The Morgan fingerprint density at radius 1 is 0.917 bits per heavy atom. The molecule has 128 valence electrons. The topological polar surface area (TPSA) is 68.8 Å². The molecule has 0 aromatic heterocycles. The molecule has 0 saturated heterocycles. The summed E-state index contributed by atoms with van der Waals surface area (Å²) in [5, 5.41) is 6.03. The Morgan fingerprint density at radius 3 is 2.33 bits per heavy atom. The van der Waals surface area contributed by atoms with Crippen molar-refractivity contribution < 1.29 is 19.0 Å². The van der Waals surface area contributed by atoms with Crippen molar-refractivity contribution in [2.45, 2.75) is 6.42 Å². The molecule has 2 rings (SSSR count). The molecule has 6 heteroatoms. The van der Waals surface area contributed by atoms with E-state index in [1.165, 1.54) is 0 Å². The fourth-order valence-electron chi connectivity index (χ4n) is 2.22. The highest BCUT2D eigenvalue weighted by atomic mass is 16.5. The number of rotatable bonds is 8. The summed E-state index contributed by atoms with van der Waals surface area (Å²) >= 11 is 0. The van der Waals surface area contributed by atoms with Gasteiger partial charge in [-0.05, 0) is 24.3 Å². The fraction of sp³-hybridized carbons (Fsp3) is 0.278. The molecule has 2 N–H and O–H groups in total. The summed E-state index contributed by atoms with van der Waals surface area (Å²) < 4.78 is 15.7. The van der Waals surface area contributed by atoms with Crippen LogP contribution >= 0.6 is 0 Å². The van der Waals surface area contributed by atoms with Gasteiger partial charge in [0, 0.05) is 19.0 Å². The third kappa shape index (κ3) is 4.55. The van der Waals surface area contributed by atoms with Gasteiger partial charge in [0.1, 0.15) is 17.2 Å². The highest BCUT2D eigenvalue weighted by Crippen LogP contribution is 2.29.